The van der Waals surface area contributed by atoms with Gasteiger partial charge in [0, 0.05) is 0 Å². The third-order valence-electron chi connectivity index (χ3n) is 2.76. The minimum absolute atomic E-state index is 0.0657. The van der Waals surface area contributed by atoms with Gasteiger partial charge < -0.3 is 5.11 Å². The van der Waals surface area contributed by atoms with Crippen molar-refractivity contribution < 1.29 is 5.11 Å². The Balaban J connectivity index is 2.10. The molecule has 0 amide bonds. The van der Waals surface area contributed by atoms with Crippen LogP contribution in [0.2, 0.25) is 0 Å². The van der Waals surface area contributed by atoms with Crippen LogP contribution in [-0.4, -0.2) is 11.2 Å². The van der Waals surface area contributed by atoms with Gasteiger partial charge in [-0.2, -0.15) is 0 Å². The van der Waals surface area contributed by atoms with E-state index < -0.39 is 0 Å². The third-order valence-corrected chi connectivity index (χ3v) is 2.76. The predicted octanol–water partition coefficient (Wildman–Crippen LogP) is 2.57. The van der Waals surface area contributed by atoms with Crippen molar-refractivity contribution in [2.45, 2.75) is 24.9 Å². The van der Waals surface area contributed by atoms with E-state index in [1.165, 1.54) is 5.56 Å². The van der Waals surface area contributed by atoms with Crippen LogP contribution in [0.1, 0.15) is 29.9 Å². The van der Waals surface area contributed by atoms with E-state index in [0.717, 1.165) is 18.4 Å². The lowest BCUT2D eigenvalue weighted by Gasteiger charge is -2.31. The molecule has 0 aliphatic heterocycles. The number of benzene rings is 1. The Hall–Kier alpha value is -1.08. The highest BCUT2D eigenvalue weighted by molar-refractivity contribution is 5.47. The highest BCUT2D eigenvalue weighted by Crippen LogP contribution is 2.36. The van der Waals surface area contributed by atoms with Crippen LogP contribution in [0.25, 0.3) is 6.08 Å². The van der Waals surface area contributed by atoms with E-state index in [-0.39, 0.29) is 6.10 Å². The van der Waals surface area contributed by atoms with Crippen molar-refractivity contribution in [3.05, 3.63) is 42.0 Å². The van der Waals surface area contributed by atoms with Crippen molar-refractivity contribution in [1.82, 2.24) is 0 Å². The van der Waals surface area contributed by atoms with Gasteiger partial charge in [0.05, 0.1) is 6.10 Å². The van der Waals surface area contributed by atoms with Crippen molar-refractivity contribution in [2.75, 3.05) is 0 Å². The smallest absolute Gasteiger partial charge is 0.0552 e. The zero-order valence-electron chi connectivity index (χ0n) is 7.61. The fourth-order valence-electron chi connectivity index (χ4n) is 1.76. The second-order valence-corrected chi connectivity index (χ2v) is 3.69. The van der Waals surface area contributed by atoms with Gasteiger partial charge in [-0.3, -0.25) is 0 Å². The minimum Gasteiger partial charge on any atom is -0.393 e. The number of aliphatic hydroxyl groups is 1. The van der Waals surface area contributed by atoms with E-state index in [1.54, 1.807) is 0 Å². The van der Waals surface area contributed by atoms with Gasteiger partial charge >= 0.3 is 0 Å². The molecule has 1 fully saturated rings. The first-order chi connectivity index (χ1) is 6.29. The largest absolute Gasteiger partial charge is 0.393 e. The molecule has 0 bridgehead atoms. The molecule has 0 unspecified atom stereocenters. The molecule has 0 saturated heterocycles. The van der Waals surface area contributed by atoms with Gasteiger partial charge in [-0.05, 0) is 29.9 Å². The monoisotopic (exact) mass is 174 g/mol. The van der Waals surface area contributed by atoms with Crippen LogP contribution in [0.5, 0.6) is 0 Å². The maximum absolute atomic E-state index is 9.16. The molecule has 68 valence electrons. The minimum atomic E-state index is -0.0657. The number of hydrogen-bond acceptors (Lipinski definition) is 1. The molecule has 13 heavy (non-hydrogen) atoms. The van der Waals surface area contributed by atoms with E-state index >= 15 is 0 Å². The Morgan fingerprint density at radius 3 is 2.31 bits per heavy atom. The molecule has 1 saturated carbocycles. The van der Waals surface area contributed by atoms with E-state index in [1.807, 2.05) is 6.08 Å². The zero-order chi connectivity index (χ0) is 9.26. The van der Waals surface area contributed by atoms with Crippen LogP contribution in [-0.2, 0) is 0 Å². The van der Waals surface area contributed by atoms with E-state index in [4.69, 9.17) is 5.11 Å². The van der Waals surface area contributed by atoms with Crippen LogP contribution >= 0.6 is 0 Å². The zero-order valence-corrected chi connectivity index (χ0v) is 7.61. The molecule has 1 aliphatic carbocycles. The molecule has 1 aliphatic rings. The van der Waals surface area contributed by atoms with Gasteiger partial charge in [-0.25, -0.2) is 0 Å². The molecule has 1 N–H and O–H groups in total. The lowest BCUT2D eigenvalue weighted by Crippen LogP contribution is -2.26. The van der Waals surface area contributed by atoms with Crippen molar-refractivity contribution in [3.63, 3.8) is 0 Å². The van der Waals surface area contributed by atoms with Crippen molar-refractivity contribution >= 4 is 6.08 Å². The molecule has 0 heterocycles. The molecular weight excluding hydrogens is 160 g/mol. The van der Waals surface area contributed by atoms with Gasteiger partial charge in [-0.1, -0.05) is 36.9 Å². The van der Waals surface area contributed by atoms with Gasteiger partial charge in [-0.15, -0.1) is 0 Å². The molecule has 0 radical (unpaired) electrons. The first kappa shape index (κ1) is 8.52. The molecule has 1 aromatic carbocycles. The fraction of sp³-hybridized carbons (Fsp3) is 0.333. The summed E-state index contributed by atoms with van der Waals surface area (Å²) in [5, 5.41) is 9.16. The lowest BCUT2D eigenvalue weighted by atomic mass is 9.77. The molecule has 1 heteroatoms. The fourth-order valence-corrected chi connectivity index (χ4v) is 1.76. The summed E-state index contributed by atoms with van der Waals surface area (Å²) in [4.78, 5) is 0. The van der Waals surface area contributed by atoms with Crippen LogP contribution in [0.15, 0.2) is 30.8 Å². The van der Waals surface area contributed by atoms with Gasteiger partial charge in [0.2, 0.25) is 0 Å². The van der Waals surface area contributed by atoms with Crippen molar-refractivity contribution in [3.8, 4) is 0 Å². The lowest BCUT2D eigenvalue weighted by molar-refractivity contribution is 0.0746. The summed E-state index contributed by atoms with van der Waals surface area (Å²) in [6.45, 7) is 3.71. The highest BCUT2D eigenvalue weighted by atomic mass is 16.3. The summed E-state index contributed by atoms with van der Waals surface area (Å²) in [7, 11) is 0. The average molecular weight is 174 g/mol. The van der Waals surface area contributed by atoms with Crippen LogP contribution in [0, 0.1) is 0 Å². The molecule has 2 rings (SSSR count). The van der Waals surface area contributed by atoms with Crippen molar-refractivity contribution in [1.29, 1.82) is 0 Å². The Morgan fingerprint density at radius 2 is 1.85 bits per heavy atom. The Kier molecular flexibility index (Phi) is 2.19. The van der Waals surface area contributed by atoms with Gasteiger partial charge in [0.1, 0.15) is 0 Å². The summed E-state index contributed by atoms with van der Waals surface area (Å²) < 4.78 is 0. The normalized spacial score (nSPS) is 26.5. The second-order valence-electron chi connectivity index (χ2n) is 3.69. The Bertz CT molecular complexity index is 293. The summed E-state index contributed by atoms with van der Waals surface area (Å²) in [5.74, 6) is 0.578. The van der Waals surface area contributed by atoms with E-state index in [9.17, 15) is 0 Å². The van der Waals surface area contributed by atoms with E-state index in [2.05, 4.69) is 30.8 Å². The second kappa shape index (κ2) is 3.35. The Morgan fingerprint density at radius 1 is 1.23 bits per heavy atom. The highest BCUT2D eigenvalue weighted by Gasteiger charge is 2.27. The summed E-state index contributed by atoms with van der Waals surface area (Å²) in [6.07, 6.45) is 3.63. The maximum atomic E-state index is 9.16. The molecule has 1 aromatic rings. The summed E-state index contributed by atoms with van der Waals surface area (Å²) in [5.41, 5.74) is 2.50. The maximum Gasteiger partial charge on any atom is 0.0552 e. The average Bonchev–Trinajstić information content (AvgIpc) is 2.13. The first-order valence-corrected chi connectivity index (χ1v) is 4.70. The Labute approximate surface area is 78.7 Å². The molecule has 0 spiro atoms. The van der Waals surface area contributed by atoms with Crippen LogP contribution in [0.4, 0.5) is 0 Å². The molecule has 0 aromatic heterocycles. The number of aliphatic hydroxyl groups excluding tert-OH is 1. The standard InChI is InChI=1S/C12H14O/c1-2-9-3-5-10(6-4-9)11-7-12(13)8-11/h2-6,11-13H,1,7-8H2. The van der Waals surface area contributed by atoms with E-state index in [0.29, 0.717) is 5.92 Å². The quantitative estimate of drug-likeness (QED) is 0.730. The summed E-state index contributed by atoms with van der Waals surface area (Å²) in [6, 6.07) is 8.42. The number of rotatable bonds is 2. The van der Waals surface area contributed by atoms with Crippen molar-refractivity contribution in [2.24, 2.45) is 0 Å². The SMILES string of the molecule is C=Cc1ccc(C2CC(O)C2)cc1. The third kappa shape index (κ3) is 1.65. The first-order valence-electron chi connectivity index (χ1n) is 4.70. The molecular formula is C12H14O. The summed E-state index contributed by atoms with van der Waals surface area (Å²) >= 11 is 0. The number of hydrogen-bond donors (Lipinski definition) is 1. The van der Waals surface area contributed by atoms with Crippen LogP contribution < -0.4 is 0 Å². The molecule has 0 atom stereocenters. The van der Waals surface area contributed by atoms with Crippen LogP contribution in [0.3, 0.4) is 0 Å². The van der Waals surface area contributed by atoms with Gasteiger partial charge in [0.25, 0.3) is 0 Å². The predicted molar refractivity (Wildman–Crippen MR) is 54.5 cm³/mol. The van der Waals surface area contributed by atoms with Gasteiger partial charge in [0.15, 0.2) is 0 Å². The molecule has 1 nitrogen and oxygen atoms in total. The topological polar surface area (TPSA) is 20.2 Å².